The first-order valence-corrected chi connectivity index (χ1v) is 6.49. The molecule has 0 aliphatic rings. The largest absolute Gasteiger partial charge is 0.380 e. The smallest absolute Gasteiger partial charge is 0.252 e. The zero-order valence-corrected chi connectivity index (χ0v) is 11.8. The first-order valence-electron chi connectivity index (χ1n) is 6.49. The zero-order valence-electron chi connectivity index (χ0n) is 11.8. The molecule has 1 rings (SSSR count). The zero-order chi connectivity index (χ0) is 14.3. The number of nitrogens with one attached hydrogen (secondary N) is 1. The van der Waals surface area contributed by atoms with E-state index in [0.717, 1.165) is 5.56 Å². The Hall–Kier alpha value is -1.79. The highest BCUT2D eigenvalue weighted by Gasteiger charge is 2.25. The van der Waals surface area contributed by atoms with Gasteiger partial charge >= 0.3 is 0 Å². The number of carbonyl (C=O) groups excluding carboxylic acids is 1. The summed E-state index contributed by atoms with van der Waals surface area (Å²) in [5.74, 6) is 2.56. The van der Waals surface area contributed by atoms with Gasteiger partial charge in [0.05, 0.1) is 6.61 Å². The molecule has 3 heteroatoms. The molecule has 102 valence electrons. The van der Waals surface area contributed by atoms with Crippen molar-refractivity contribution in [3.05, 3.63) is 35.4 Å². The first-order chi connectivity index (χ1) is 9.10. The van der Waals surface area contributed by atoms with E-state index in [1.807, 2.05) is 26.0 Å². The molecule has 0 heterocycles. The molecule has 0 bridgehead atoms. The van der Waals surface area contributed by atoms with E-state index in [9.17, 15) is 4.79 Å². The fourth-order valence-electron chi connectivity index (χ4n) is 1.88. The number of hydrogen-bond acceptors (Lipinski definition) is 2. The van der Waals surface area contributed by atoms with E-state index in [0.29, 0.717) is 25.0 Å². The molecule has 0 unspecified atom stereocenters. The monoisotopic (exact) mass is 259 g/mol. The third-order valence-corrected chi connectivity index (χ3v) is 3.36. The van der Waals surface area contributed by atoms with Crippen LogP contribution in [0.5, 0.6) is 0 Å². The van der Waals surface area contributed by atoms with E-state index in [-0.39, 0.29) is 5.91 Å². The Labute approximate surface area is 115 Å². The van der Waals surface area contributed by atoms with Crippen molar-refractivity contribution in [2.75, 3.05) is 7.11 Å². The summed E-state index contributed by atoms with van der Waals surface area (Å²) in [4.78, 5) is 12.2. The minimum Gasteiger partial charge on any atom is -0.380 e. The van der Waals surface area contributed by atoms with Gasteiger partial charge in [0, 0.05) is 12.7 Å². The molecular formula is C16H21NO2. The Morgan fingerprint density at radius 3 is 2.32 bits per heavy atom. The van der Waals surface area contributed by atoms with Crippen LogP contribution in [0, 0.1) is 12.3 Å². The summed E-state index contributed by atoms with van der Waals surface area (Å²) < 4.78 is 5.03. The van der Waals surface area contributed by atoms with E-state index in [4.69, 9.17) is 11.2 Å². The van der Waals surface area contributed by atoms with Gasteiger partial charge in [-0.3, -0.25) is 4.79 Å². The molecule has 0 aliphatic heterocycles. The van der Waals surface area contributed by atoms with Crippen molar-refractivity contribution in [1.82, 2.24) is 5.32 Å². The van der Waals surface area contributed by atoms with Crippen LogP contribution < -0.4 is 5.32 Å². The van der Waals surface area contributed by atoms with Gasteiger partial charge in [-0.05, 0) is 30.5 Å². The number of carbonyl (C=O) groups is 1. The van der Waals surface area contributed by atoms with Crippen molar-refractivity contribution in [1.29, 1.82) is 0 Å². The molecular weight excluding hydrogens is 238 g/mol. The summed E-state index contributed by atoms with van der Waals surface area (Å²) in [6, 6.07) is 7.34. The Morgan fingerprint density at radius 1 is 1.32 bits per heavy atom. The fourth-order valence-corrected chi connectivity index (χ4v) is 1.88. The van der Waals surface area contributed by atoms with Crippen molar-refractivity contribution in [2.45, 2.75) is 38.8 Å². The van der Waals surface area contributed by atoms with E-state index in [1.54, 1.807) is 19.2 Å². The van der Waals surface area contributed by atoms with Crippen molar-refractivity contribution in [3.8, 4) is 12.3 Å². The molecule has 0 atom stereocenters. The topological polar surface area (TPSA) is 38.3 Å². The molecule has 1 amide bonds. The van der Waals surface area contributed by atoms with Gasteiger partial charge in [-0.25, -0.2) is 0 Å². The van der Waals surface area contributed by atoms with Gasteiger partial charge < -0.3 is 10.1 Å². The summed E-state index contributed by atoms with van der Waals surface area (Å²) in [7, 11) is 1.64. The first kappa shape index (κ1) is 15.3. The number of ether oxygens (including phenoxy) is 1. The Bertz CT molecular complexity index is 453. The highest BCUT2D eigenvalue weighted by Crippen LogP contribution is 2.15. The molecule has 0 radical (unpaired) electrons. The molecule has 0 aromatic heterocycles. The highest BCUT2D eigenvalue weighted by atomic mass is 16.5. The van der Waals surface area contributed by atoms with Crippen molar-refractivity contribution in [2.24, 2.45) is 0 Å². The molecule has 0 spiro atoms. The lowest BCUT2D eigenvalue weighted by atomic mass is 9.93. The predicted octanol–water partition coefficient (Wildman–Crippen LogP) is 2.75. The van der Waals surface area contributed by atoms with Gasteiger partial charge in [-0.1, -0.05) is 31.9 Å². The molecule has 0 aliphatic carbocycles. The second kappa shape index (κ2) is 6.96. The lowest BCUT2D eigenvalue weighted by molar-refractivity contribution is 0.0916. The van der Waals surface area contributed by atoms with Crippen molar-refractivity contribution >= 4 is 5.91 Å². The van der Waals surface area contributed by atoms with Crippen LogP contribution in [0.4, 0.5) is 0 Å². The number of terminal acetylenes is 1. The highest BCUT2D eigenvalue weighted by molar-refractivity contribution is 5.95. The summed E-state index contributed by atoms with van der Waals surface area (Å²) in [5, 5.41) is 2.94. The second-order valence-corrected chi connectivity index (χ2v) is 4.52. The van der Waals surface area contributed by atoms with E-state index >= 15 is 0 Å². The molecule has 0 fully saturated rings. The molecule has 1 aromatic carbocycles. The number of rotatable bonds is 6. The number of hydrogen-bond donors (Lipinski definition) is 1. The third kappa shape index (κ3) is 3.84. The number of methoxy groups -OCH3 is 1. The van der Waals surface area contributed by atoms with Crippen LogP contribution in [0.25, 0.3) is 0 Å². The van der Waals surface area contributed by atoms with Gasteiger partial charge in [-0.2, -0.15) is 0 Å². The van der Waals surface area contributed by atoms with E-state index in [2.05, 4.69) is 11.2 Å². The maximum Gasteiger partial charge on any atom is 0.252 e. The molecule has 0 saturated carbocycles. The van der Waals surface area contributed by atoms with Gasteiger partial charge in [0.2, 0.25) is 0 Å². The van der Waals surface area contributed by atoms with Crippen LogP contribution in [0.1, 0.15) is 42.6 Å². The van der Waals surface area contributed by atoms with Gasteiger partial charge in [0.15, 0.2) is 0 Å². The van der Waals surface area contributed by atoms with Crippen molar-refractivity contribution in [3.63, 3.8) is 0 Å². The average Bonchev–Trinajstić information content (AvgIpc) is 2.46. The van der Waals surface area contributed by atoms with Crippen LogP contribution in [0.2, 0.25) is 0 Å². The Morgan fingerprint density at radius 2 is 1.89 bits per heavy atom. The summed E-state index contributed by atoms with van der Waals surface area (Å²) in [6.07, 6.45) is 6.97. The molecule has 1 N–H and O–H groups in total. The number of benzene rings is 1. The minimum absolute atomic E-state index is 0.134. The maximum absolute atomic E-state index is 12.2. The van der Waals surface area contributed by atoms with Crippen LogP contribution in [-0.4, -0.2) is 18.6 Å². The lowest BCUT2D eigenvalue weighted by Gasteiger charge is -2.27. The van der Waals surface area contributed by atoms with Crippen molar-refractivity contribution < 1.29 is 9.53 Å². The molecule has 1 aromatic rings. The third-order valence-electron chi connectivity index (χ3n) is 3.36. The van der Waals surface area contributed by atoms with Crippen LogP contribution in [0.15, 0.2) is 24.3 Å². The van der Waals surface area contributed by atoms with Crippen LogP contribution in [0.3, 0.4) is 0 Å². The van der Waals surface area contributed by atoms with Gasteiger partial charge in [-0.15, -0.1) is 6.42 Å². The van der Waals surface area contributed by atoms with Gasteiger partial charge in [0.1, 0.15) is 5.54 Å². The predicted molar refractivity (Wildman–Crippen MR) is 76.8 cm³/mol. The molecule has 19 heavy (non-hydrogen) atoms. The molecule has 0 saturated heterocycles. The Balaban J connectivity index is 2.81. The summed E-state index contributed by atoms with van der Waals surface area (Å²) in [5.41, 5.74) is 1.09. The second-order valence-electron chi connectivity index (χ2n) is 4.52. The summed E-state index contributed by atoms with van der Waals surface area (Å²) >= 11 is 0. The minimum atomic E-state index is -0.553. The molecule has 3 nitrogen and oxygen atoms in total. The SMILES string of the molecule is C#CC(CC)(CC)NC(=O)c1ccc(COC)cc1. The fraction of sp³-hybridized carbons (Fsp3) is 0.438. The van der Waals surface area contributed by atoms with E-state index in [1.165, 1.54) is 0 Å². The van der Waals surface area contributed by atoms with E-state index < -0.39 is 5.54 Å². The average molecular weight is 259 g/mol. The normalized spacial score (nSPS) is 10.8. The maximum atomic E-state index is 12.2. The Kier molecular flexibility index (Phi) is 5.59. The van der Waals surface area contributed by atoms with Crippen LogP contribution >= 0.6 is 0 Å². The standard InChI is InChI=1S/C16H21NO2/c1-5-16(6-2,7-3)17-15(18)14-10-8-13(9-11-14)12-19-4/h1,8-11H,6-7,12H2,2-4H3,(H,17,18). The number of amides is 1. The quantitative estimate of drug-likeness (QED) is 0.798. The van der Waals surface area contributed by atoms with Gasteiger partial charge in [0.25, 0.3) is 5.91 Å². The summed E-state index contributed by atoms with van der Waals surface area (Å²) in [6.45, 7) is 4.50. The lowest BCUT2D eigenvalue weighted by Crippen LogP contribution is -2.46. The van der Waals surface area contributed by atoms with Crippen LogP contribution in [-0.2, 0) is 11.3 Å².